The molecule has 0 bridgehead atoms. The van der Waals surface area contributed by atoms with Crippen LogP contribution in [0.15, 0.2) is 25.2 Å². The van der Waals surface area contributed by atoms with Crippen molar-refractivity contribution in [2.45, 2.75) is 57.2 Å². The van der Waals surface area contributed by atoms with E-state index in [1.165, 1.54) is 11.6 Å². The summed E-state index contributed by atoms with van der Waals surface area (Å²) in [5, 5.41) is 4.66. The van der Waals surface area contributed by atoms with Crippen LogP contribution in [-0.4, -0.2) is 57.6 Å². The number of anilines is 1. The maximum atomic E-state index is 12.2. The van der Waals surface area contributed by atoms with Crippen molar-refractivity contribution in [2.75, 3.05) is 19.0 Å². The molecule has 2 aliphatic rings. The molecule has 1 saturated heterocycles. The summed E-state index contributed by atoms with van der Waals surface area (Å²) < 4.78 is 5.41. The third kappa shape index (κ3) is 3.63. The number of aromatic amines is 1. The molecule has 28 heavy (non-hydrogen) atoms. The Kier molecular flexibility index (Phi) is 5.35. The molecular weight excluding hydrogens is 354 g/mol. The van der Waals surface area contributed by atoms with Crippen LogP contribution in [0.3, 0.4) is 0 Å². The minimum absolute atomic E-state index is 0.00755. The topological polar surface area (TPSA) is 83.1 Å². The Morgan fingerprint density at radius 3 is 3.00 bits per heavy atom. The molecule has 1 aliphatic heterocycles. The summed E-state index contributed by atoms with van der Waals surface area (Å²) in [6.07, 6.45) is 10.6. The fraction of sp³-hybridized carbons (Fsp3) is 0.571. The molecule has 0 aromatic carbocycles. The molecule has 2 aromatic heterocycles. The van der Waals surface area contributed by atoms with E-state index in [1.807, 2.05) is 4.90 Å². The Morgan fingerprint density at radius 2 is 2.25 bits per heavy atom. The highest BCUT2D eigenvalue weighted by atomic mass is 16.5. The van der Waals surface area contributed by atoms with Gasteiger partial charge in [0.05, 0.1) is 11.5 Å². The SMILES string of the molecule is C=CC(=O)N1C[C@H](Nc2ncnc3[nH]cc(C[C@H]4C[C@H](OC)C4)c23)CC[C@@H]1C. The Morgan fingerprint density at radius 1 is 1.43 bits per heavy atom. The van der Waals surface area contributed by atoms with Gasteiger partial charge in [0, 0.05) is 31.9 Å². The Bertz CT molecular complexity index is 858. The average Bonchev–Trinajstić information content (AvgIpc) is 3.09. The standard InChI is InChI=1S/C21H29N5O2/c1-4-18(27)26-11-16(6-5-13(26)2)25-21-19-15(7-14-8-17(9-14)28-3)10-22-20(19)23-12-24-21/h4,10,12-14,16-17H,1,5-9,11H2,2-3H3,(H2,22,23,24,25)/t13-,14-,16+,17-/m0/s1. The molecule has 1 amide bonds. The molecular formula is C21H29N5O2. The third-order valence-electron chi connectivity index (χ3n) is 6.27. The number of hydrogen-bond acceptors (Lipinski definition) is 5. The fourth-order valence-electron chi connectivity index (χ4n) is 4.48. The zero-order chi connectivity index (χ0) is 19.7. The molecule has 0 spiro atoms. The molecule has 2 aromatic rings. The van der Waals surface area contributed by atoms with Crippen molar-refractivity contribution < 1.29 is 9.53 Å². The number of rotatable bonds is 6. The van der Waals surface area contributed by atoms with Gasteiger partial charge in [-0.15, -0.1) is 0 Å². The number of methoxy groups -OCH3 is 1. The molecule has 2 fully saturated rings. The summed E-state index contributed by atoms with van der Waals surface area (Å²) in [6.45, 7) is 6.39. The van der Waals surface area contributed by atoms with Gasteiger partial charge in [0.25, 0.3) is 0 Å². The van der Waals surface area contributed by atoms with Crippen LogP contribution in [0.4, 0.5) is 5.82 Å². The first kappa shape index (κ1) is 18.9. The van der Waals surface area contributed by atoms with Gasteiger partial charge in [0.2, 0.25) is 5.91 Å². The summed E-state index contributed by atoms with van der Waals surface area (Å²) in [5.41, 5.74) is 2.11. The van der Waals surface area contributed by atoms with E-state index in [-0.39, 0.29) is 18.0 Å². The van der Waals surface area contributed by atoms with Crippen molar-refractivity contribution in [3.8, 4) is 0 Å². The van der Waals surface area contributed by atoms with Gasteiger partial charge in [-0.25, -0.2) is 9.97 Å². The van der Waals surface area contributed by atoms with Crippen molar-refractivity contribution in [3.05, 3.63) is 30.7 Å². The van der Waals surface area contributed by atoms with E-state index in [2.05, 4.69) is 40.0 Å². The molecule has 7 nitrogen and oxygen atoms in total. The first-order valence-corrected chi connectivity index (χ1v) is 10.1. The van der Waals surface area contributed by atoms with Crippen LogP contribution in [0.5, 0.6) is 0 Å². The van der Waals surface area contributed by atoms with E-state index in [4.69, 9.17) is 4.74 Å². The number of H-pyrrole nitrogens is 1. The fourth-order valence-corrected chi connectivity index (χ4v) is 4.48. The predicted molar refractivity (Wildman–Crippen MR) is 109 cm³/mol. The van der Waals surface area contributed by atoms with Crippen molar-refractivity contribution in [3.63, 3.8) is 0 Å². The van der Waals surface area contributed by atoms with Crippen molar-refractivity contribution in [2.24, 2.45) is 5.92 Å². The van der Waals surface area contributed by atoms with Gasteiger partial charge in [-0.05, 0) is 56.6 Å². The highest BCUT2D eigenvalue weighted by Crippen LogP contribution is 2.35. The van der Waals surface area contributed by atoms with Crippen LogP contribution in [-0.2, 0) is 16.0 Å². The highest BCUT2D eigenvalue weighted by Gasteiger charge is 2.31. The molecule has 3 heterocycles. The number of carbonyl (C=O) groups excluding carboxylic acids is 1. The lowest BCUT2D eigenvalue weighted by atomic mass is 9.78. The van der Waals surface area contributed by atoms with Gasteiger partial charge in [0.1, 0.15) is 17.8 Å². The smallest absolute Gasteiger partial charge is 0.246 e. The van der Waals surface area contributed by atoms with Crippen LogP contribution in [0.25, 0.3) is 11.0 Å². The first-order valence-electron chi connectivity index (χ1n) is 10.1. The number of likely N-dealkylation sites (tertiary alicyclic amines) is 1. The number of nitrogens with zero attached hydrogens (tertiary/aromatic N) is 3. The van der Waals surface area contributed by atoms with Gasteiger partial charge in [-0.1, -0.05) is 6.58 Å². The van der Waals surface area contributed by atoms with Gasteiger partial charge in [-0.3, -0.25) is 4.79 Å². The lowest BCUT2D eigenvalue weighted by Crippen LogP contribution is -2.49. The average molecular weight is 383 g/mol. The maximum Gasteiger partial charge on any atom is 0.246 e. The van der Waals surface area contributed by atoms with E-state index in [9.17, 15) is 4.79 Å². The number of hydrogen-bond donors (Lipinski definition) is 2. The largest absolute Gasteiger partial charge is 0.381 e. The highest BCUT2D eigenvalue weighted by molar-refractivity contribution is 5.90. The molecule has 1 saturated carbocycles. The van der Waals surface area contributed by atoms with Crippen LogP contribution >= 0.6 is 0 Å². The number of piperidine rings is 1. The quantitative estimate of drug-likeness (QED) is 0.750. The summed E-state index contributed by atoms with van der Waals surface area (Å²) in [5.74, 6) is 1.49. The summed E-state index contributed by atoms with van der Waals surface area (Å²) in [6, 6.07) is 0.409. The number of amides is 1. The van der Waals surface area contributed by atoms with E-state index >= 15 is 0 Å². The molecule has 2 atom stereocenters. The van der Waals surface area contributed by atoms with Crippen LogP contribution < -0.4 is 5.32 Å². The summed E-state index contributed by atoms with van der Waals surface area (Å²) in [7, 11) is 1.79. The maximum absolute atomic E-state index is 12.2. The Hall–Kier alpha value is -2.41. The first-order chi connectivity index (χ1) is 13.6. The molecule has 0 unspecified atom stereocenters. The predicted octanol–water partition coefficient (Wildman–Crippen LogP) is 2.90. The lowest BCUT2D eigenvalue weighted by molar-refractivity contribution is -0.129. The molecule has 150 valence electrons. The molecule has 7 heteroatoms. The van der Waals surface area contributed by atoms with Crippen LogP contribution in [0, 0.1) is 5.92 Å². The van der Waals surface area contributed by atoms with E-state index in [0.29, 0.717) is 18.6 Å². The normalized spacial score (nSPS) is 27.4. The second kappa shape index (κ2) is 7.91. The van der Waals surface area contributed by atoms with Gasteiger partial charge >= 0.3 is 0 Å². The van der Waals surface area contributed by atoms with Crippen molar-refractivity contribution >= 4 is 22.8 Å². The zero-order valence-electron chi connectivity index (χ0n) is 16.6. The summed E-state index contributed by atoms with van der Waals surface area (Å²) in [4.78, 5) is 26.3. The minimum Gasteiger partial charge on any atom is -0.381 e. The second-order valence-electron chi connectivity index (χ2n) is 8.12. The second-order valence-corrected chi connectivity index (χ2v) is 8.12. The molecule has 2 N–H and O–H groups in total. The lowest BCUT2D eigenvalue weighted by Gasteiger charge is -2.38. The van der Waals surface area contributed by atoms with Gasteiger partial charge in [-0.2, -0.15) is 0 Å². The Labute approximate surface area is 165 Å². The van der Waals surface area contributed by atoms with E-state index in [1.54, 1.807) is 13.4 Å². The zero-order valence-corrected chi connectivity index (χ0v) is 16.6. The minimum atomic E-state index is -0.00755. The van der Waals surface area contributed by atoms with Crippen LogP contribution in [0.1, 0.15) is 38.2 Å². The number of fused-ring (bicyclic) bond motifs is 1. The Balaban J connectivity index is 1.51. The molecule has 1 aliphatic carbocycles. The van der Waals surface area contributed by atoms with Gasteiger partial charge < -0.3 is 19.9 Å². The van der Waals surface area contributed by atoms with Crippen molar-refractivity contribution in [1.29, 1.82) is 0 Å². The van der Waals surface area contributed by atoms with E-state index in [0.717, 1.165) is 49.0 Å². The number of nitrogens with one attached hydrogen (secondary N) is 2. The van der Waals surface area contributed by atoms with Crippen molar-refractivity contribution in [1.82, 2.24) is 19.9 Å². The van der Waals surface area contributed by atoms with Gasteiger partial charge in [0.15, 0.2) is 0 Å². The summed E-state index contributed by atoms with van der Waals surface area (Å²) >= 11 is 0. The molecule has 4 rings (SSSR count). The number of carbonyl (C=O) groups is 1. The van der Waals surface area contributed by atoms with E-state index < -0.39 is 0 Å². The monoisotopic (exact) mass is 383 g/mol. The molecule has 0 radical (unpaired) electrons. The number of aromatic nitrogens is 3. The van der Waals surface area contributed by atoms with Crippen LogP contribution in [0.2, 0.25) is 0 Å². The number of ether oxygens (including phenoxy) is 1. The third-order valence-corrected chi connectivity index (χ3v) is 6.27.